The Morgan fingerprint density at radius 1 is 1.68 bits per heavy atom. The van der Waals surface area contributed by atoms with Crippen molar-refractivity contribution in [3.8, 4) is 0 Å². The molecule has 2 heterocycles. The molecule has 1 aromatic heterocycles. The Kier molecular flexibility index (Phi) is 4.71. The van der Waals surface area contributed by atoms with E-state index in [2.05, 4.69) is 38.5 Å². The Morgan fingerprint density at radius 3 is 3.05 bits per heavy atom. The van der Waals surface area contributed by atoms with Gasteiger partial charge in [-0.15, -0.1) is 0 Å². The lowest BCUT2D eigenvalue weighted by Gasteiger charge is -2.29. The predicted molar refractivity (Wildman–Crippen MR) is 77.3 cm³/mol. The van der Waals surface area contributed by atoms with Gasteiger partial charge in [0.1, 0.15) is 12.0 Å². The van der Waals surface area contributed by atoms with Crippen molar-refractivity contribution in [2.45, 2.75) is 25.8 Å². The van der Waals surface area contributed by atoms with Crippen LogP contribution in [0, 0.1) is 16.0 Å². The van der Waals surface area contributed by atoms with Crippen molar-refractivity contribution in [2.75, 3.05) is 18.4 Å². The number of piperidine rings is 1. The van der Waals surface area contributed by atoms with E-state index >= 15 is 0 Å². The number of pyridine rings is 1. The summed E-state index contributed by atoms with van der Waals surface area (Å²) in [4.78, 5) is 14.3. The number of anilines is 1. The number of rotatable bonds is 4. The normalized spacial score (nSPS) is 20.8. The highest BCUT2D eigenvalue weighted by atomic mass is 79.9. The van der Waals surface area contributed by atoms with Crippen molar-refractivity contribution in [2.24, 2.45) is 5.92 Å². The quantitative estimate of drug-likeness (QED) is 0.655. The Bertz CT molecular complexity index is 463. The first kappa shape index (κ1) is 14.2. The molecule has 0 radical (unpaired) electrons. The standard InChI is InChI=1S/C12H17BrN4O2/c1-8(9-3-2-4-14-6-9)16-12-11(13)5-10(7-15-12)17(18)19/h5,7-9,14H,2-4,6H2,1H3,(H,15,16). The van der Waals surface area contributed by atoms with Crippen LogP contribution in [-0.2, 0) is 0 Å². The van der Waals surface area contributed by atoms with Crippen LogP contribution in [0.25, 0.3) is 0 Å². The van der Waals surface area contributed by atoms with Crippen molar-refractivity contribution in [1.82, 2.24) is 10.3 Å². The first-order valence-electron chi connectivity index (χ1n) is 6.35. The van der Waals surface area contributed by atoms with Crippen LogP contribution >= 0.6 is 15.9 Å². The molecule has 2 unspecified atom stereocenters. The molecule has 2 rings (SSSR count). The smallest absolute Gasteiger partial charge is 0.288 e. The van der Waals surface area contributed by atoms with E-state index in [9.17, 15) is 10.1 Å². The summed E-state index contributed by atoms with van der Waals surface area (Å²) >= 11 is 3.32. The van der Waals surface area contributed by atoms with E-state index in [0.717, 1.165) is 13.1 Å². The minimum Gasteiger partial charge on any atom is -0.366 e. The highest BCUT2D eigenvalue weighted by molar-refractivity contribution is 9.10. The van der Waals surface area contributed by atoms with Crippen molar-refractivity contribution < 1.29 is 4.92 Å². The monoisotopic (exact) mass is 328 g/mol. The van der Waals surface area contributed by atoms with Crippen LogP contribution in [0.5, 0.6) is 0 Å². The molecular formula is C12H17BrN4O2. The molecule has 0 bridgehead atoms. The van der Waals surface area contributed by atoms with Gasteiger partial charge in [0.05, 0.1) is 9.40 Å². The van der Waals surface area contributed by atoms with E-state index in [1.54, 1.807) is 0 Å². The van der Waals surface area contributed by atoms with Crippen LogP contribution in [0.2, 0.25) is 0 Å². The maximum Gasteiger partial charge on any atom is 0.288 e. The number of nitrogens with zero attached hydrogens (tertiary/aromatic N) is 2. The molecule has 2 N–H and O–H groups in total. The third-order valence-electron chi connectivity index (χ3n) is 3.44. The molecule has 1 aliphatic heterocycles. The van der Waals surface area contributed by atoms with Gasteiger partial charge in [0.2, 0.25) is 0 Å². The van der Waals surface area contributed by atoms with Gasteiger partial charge in [0.15, 0.2) is 0 Å². The largest absolute Gasteiger partial charge is 0.366 e. The molecule has 7 heteroatoms. The second kappa shape index (κ2) is 6.29. The molecule has 104 valence electrons. The van der Waals surface area contributed by atoms with Crippen molar-refractivity contribution in [1.29, 1.82) is 0 Å². The molecule has 1 aromatic rings. The first-order valence-corrected chi connectivity index (χ1v) is 7.14. The van der Waals surface area contributed by atoms with Gasteiger partial charge in [-0.2, -0.15) is 0 Å². The summed E-state index contributed by atoms with van der Waals surface area (Å²) in [5, 5.41) is 17.4. The molecule has 1 fully saturated rings. The average molecular weight is 329 g/mol. The highest BCUT2D eigenvalue weighted by Gasteiger charge is 2.21. The van der Waals surface area contributed by atoms with Crippen LogP contribution in [0.4, 0.5) is 11.5 Å². The van der Waals surface area contributed by atoms with Gasteiger partial charge in [0.25, 0.3) is 5.69 Å². The third-order valence-corrected chi connectivity index (χ3v) is 4.05. The molecule has 0 aromatic carbocycles. The molecule has 1 aliphatic rings. The zero-order valence-corrected chi connectivity index (χ0v) is 12.3. The summed E-state index contributed by atoms with van der Waals surface area (Å²) in [7, 11) is 0. The number of halogens is 1. The van der Waals surface area contributed by atoms with Crippen molar-refractivity contribution in [3.63, 3.8) is 0 Å². The van der Waals surface area contributed by atoms with Gasteiger partial charge in [-0.3, -0.25) is 10.1 Å². The Hall–Kier alpha value is -1.21. The topological polar surface area (TPSA) is 80.1 Å². The van der Waals surface area contributed by atoms with E-state index in [4.69, 9.17) is 0 Å². The fraction of sp³-hybridized carbons (Fsp3) is 0.583. The van der Waals surface area contributed by atoms with Gasteiger partial charge in [-0.25, -0.2) is 4.98 Å². The van der Waals surface area contributed by atoms with Crippen LogP contribution in [0.1, 0.15) is 19.8 Å². The predicted octanol–water partition coefficient (Wildman–Crippen LogP) is 2.55. The van der Waals surface area contributed by atoms with Crippen LogP contribution in [0.3, 0.4) is 0 Å². The number of nitro groups is 1. The molecule has 0 saturated carbocycles. The van der Waals surface area contributed by atoms with Gasteiger partial charge < -0.3 is 10.6 Å². The summed E-state index contributed by atoms with van der Waals surface area (Å²) in [6.07, 6.45) is 3.65. The zero-order chi connectivity index (χ0) is 13.8. The molecule has 0 amide bonds. The molecule has 0 aliphatic carbocycles. The Balaban J connectivity index is 2.03. The third kappa shape index (κ3) is 3.63. The van der Waals surface area contributed by atoms with Crippen molar-refractivity contribution >= 4 is 27.4 Å². The molecule has 1 saturated heterocycles. The zero-order valence-electron chi connectivity index (χ0n) is 10.7. The fourth-order valence-corrected chi connectivity index (χ4v) is 2.72. The number of aromatic nitrogens is 1. The molecular weight excluding hydrogens is 312 g/mol. The van der Waals surface area contributed by atoms with E-state index in [1.165, 1.54) is 25.1 Å². The summed E-state index contributed by atoms with van der Waals surface area (Å²) in [6.45, 7) is 4.20. The van der Waals surface area contributed by atoms with Gasteiger partial charge in [-0.1, -0.05) is 0 Å². The van der Waals surface area contributed by atoms with Crippen LogP contribution in [0.15, 0.2) is 16.7 Å². The minimum atomic E-state index is -0.448. The van der Waals surface area contributed by atoms with E-state index in [0.29, 0.717) is 16.2 Å². The van der Waals surface area contributed by atoms with Crippen LogP contribution in [-0.4, -0.2) is 29.0 Å². The molecule has 6 nitrogen and oxygen atoms in total. The van der Waals surface area contributed by atoms with Crippen molar-refractivity contribution in [3.05, 3.63) is 26.9 Å². The van der Waals surface area contributed by atoms with E-state index in [-0.39, 0.29) is 11.7 Å². The van der Waals surface area contributed by atoms with E-state index < -0.39 is 4.92 Å². The summed E-state index contributed by atoms with van der Waals surface area (Å²) in [5.41, 5.74) is -0.00980. The van der Waals surface area contributed by atoms with Gasteiger partial charge in [-0.05, 0) is 54.7 Å². The average Bonchev–Trinajstić information content (AvgIpc) is 2.41. The SMILES string of the molecule is CC(Nc1ncc([N+](=O)[O-])cc1Br)C1CCCNC1. The molecule has 2 atom stereocenters. The van der Waals surface area contributed by atoms with Crippen LogP contribution < -0.4 is 10.6 Å². The Morgan fingerprint density at radius 2 is 2.47 bits per heavy atom. The Labute approximate surface area is 120 Å². The van der Waals surface area contributed by atoms with Gasteiger partial charge >= 0.3 is 0 Å². The first-order chi connectivity index (χ1) is 9.08. The lowest BCUT2D eigenvalue weighted by Crippen LogP contribution is -2.39. The second-order valence-electron chi connectivity index (χ2n) is 4.82. The fourth-order valence-electron chi connectivity index (χ4n) is 2.27. The maximum absolute atomic E-state index is 10.7. The molecule has 0 spiro atoms. The summed E-state index contributed by atoms with van der Waals surface area (Å²) < 4.78 is 0.623. The second-order valence-corrected chi connectivity index (χ2v) is 5.67. The minimum absolute atomic E-state index is 0.00980. The van der Waals surface area contributed by atoms with E-state index in [1.807, 2.05) is 0 Å². The number of hydrogen-bond donors (Lipinski definition) is 2. The number of nitrogens with one attached hydrogen (secondary N) is 2. The number of hydrogen-bond acceptors (Lipinski definition) is 5. The highest BCUT2D eigenvalue weighted by Crippen LogP contribution is 2.26. The summed E-state index contributed by atoms with van der Waals surface area (Å²) in [5.74, 6) is 1.21. The van der Waals surface area contributed by atoms with Gasteiger partial charge in [0, 0.05) is 12.1 Å². The lowest BCUT2D eigenvalue weighted by molar-refractivity contribution is -0.385. The molecule has 19 heavy (non-hydrogen) atoms. The maximum atomic E-state index is 10.7. The lowest BCUT2D eigenvalue weighted by atomic mass is 9.93. The summed E-state index contributed by atoms with van der Waals surface area (Å²) in [6, 6.07) is 1.75.